The molecule has 5 nitrogen and oxygen atoms in total. The molecule has 2 aromatic carbocycles. The fourth-order valence-corrected chi connectivity index (χ4v) is 3.42. The number of halogens is 1. The standard InChI is InChI=1S/C20H16ClNO4S/c1-25-15-8-5-13(17(10-15)26-2)9-18-20(24)22-19(27-18)11-16(23)12-3-6-14(21)7-4-12/h3-11H,1-2H3,(H,22,24)/b18-9-,19-11-. The Labute approximate surface area is 164 Å². The highest BCUT2D eigenvalue weighted by Crippen LogP contribution is 2.24. The van der Waals surface area contributed by atoms with Gasteiger partial charge in [-0.2, -0.15) is 0 Å². The van der Waals surface area contributed by atoms with Crippen molar-refractivity contribution in [3.05, 3.63) is 78.2 Å². The second kappa shape index (κ2) is 8.24. The number of carbonyl (C=O) groups excluding carboxylic acids is 1. The van der Waals surface area contributed by atoms with Crippen LogP contribution in [0.25, 0.3) is 12.2 Å². The van der Waals surface area contributed by atoms with Gasteiger partial charge in [-0.1, -0.05) is 11.6 Å². The van der Waals surface area contributed by atoms with E-state index in [1.165, 1.54) is 17.4 Å². The molecule has 0 aliphatic heterocycles. The Morgan fingerprint density at radius 2 is 1.85 bits per heavy atom. The van der Waals surface area contributed by atoms with Gasteiger partial charge in [0.25, 0.3) is 5.56 Å². The number of aromatic amines is 1. The van der Waals surface area contributed by atoms with Gasteiger partial charge in [-0.25, -0.2) is 0 Å². The highest BCUT2D eigenvalue weighted by atomic mass is 35.5. The molecule has 0 spiro atoms. The summed E-state index contributed by atoms with van der Waals surface area (Å²) in [5, 5.41) is 0.557. The first-order chi connectivity index (χ1) is 13.0. The van der Waals surface area contributed by atoms with E-state index in [0.717, 1.165) is 5.56 Å². The van der Waals surface area contributed by atoms with Crippen LogP contribution in [0, 0.1) is 0 Å². The fourth-order valence-electron chi connectivity index (χ4n) is 2.42. The average Bonchev–Trinajstić information content (AvgIpc) is 3.01. The van der Waals surface area contributed by atoms with Crippen LogP contribution in [0.5, 0.6) is 11.5 Å². The summed E-state index contributed by atoms with van der Waals surface area (Å²) in [4.78, 5) is 27.3. The minimum absolute atomic E-state index is 0.210. The van der Waals surface area contributed by atoms with Crippen LogP contribution in [0.4, 0.5) is 0 Å². The molecule has 27 heavy (non-hydrogen) atoms. The molecular weight excluding hydrogens is 386 g/mol. The minimum Gasteiger partial charge on any atom is -0.497 e. The van der Waals surface area contributed by atoms with Crippen molar-refractivity contribution in [3.63, 3.8) is 0 Å². The maximum absolute atomic E-state index is 12.3. The van der Waals surface area contributed by atoms with E-state index in [1.54, 1.807) is 62.8 Å². The maximum Gasteiger partial charge on any atom is 0.266 e. The summed E-state index contributed by atoms with van der Waals surface area (Å²) in [5.41, 5.74) is 0.963. The number of ketones is 1. The van der Waals surface area contributed by atoms with Crippen molar-refractivity contribution >= 4 is 40.9 Å². The Morgan fingerprint density at radius 1 is 1.11 bits per heavy atom. The molecule has 0 saturated carbocycles. The fraction of sp³-hybridized carbons (Fsp3) is 0.100. The lowest BCUT2D eigenvalue weighted by atomic mass is 10.1. The molecule has 0 unspecified atom stereocenters. The van der Waals surface area contributed by atoms with Crippen molar-refractivity contribution in [2.24, 2.45) is 0 Å². The molecule has 0 aliphatic rings. The second-order valence-corrected chi connectivity index (χ2v) is 7.07. The molecular formula is C20H16ClNO4S. The van der Waals surface area contributed by atoms with Crippen LogP contribution in [-0.2, 0) is 0 Å². The lowest BCUT2D eigenvalue weighted by Crippen LogP contribution is -2.20. The Bertz CT molecular complexity index is 1150. The van der Waals surface area contributed by atoms with Gasteiger partial charge in [0.15, 0.2) is 5.78 Å². The van der Waals surface area contributed by atoms with E-state index < -0.39 is 0 Å². The number of thiazole rings is 1. The molecule has 138 valence electrons. The number of hydrogen-bond donors (Lipinski definition) is 1. The van der Waals surface area contributed by atoms with Crippen molar-refractivity contribution < 1.29 is 14.3 Å². The number of aromatic nitrogens is 1. The van der Waals surface area contributed by atoms with Crippen molar-refractivity contribution in [1.82, 2.24) is 4.98 Å². The molecule has 7 heteroatoms. The summed E-state index contributed by atoms with van der Waals surface area (Å²) in [6.45, 7) is 0. The number of rotatable bonds is 5. The second-order valence-electron chi connectivity index (χ2n) is 5.55. The highest BCUT2D eigenvalue weighted by Gasteiger charge is 2.06. The lowest BCUT2D eigenvalue weighted by molar-refractivity contribution is 0.106. The van der Waals surface area contributed by atoms with Crippen molar-refractivity contribution in [2.75, 3.05) is 14.2 Å². The summed E-state index contributed by atoms with van der Waals surface area (Å²) in [5.74, 6) is 1.04. The number of nitrogens with one attached hydrogen (secondary N) is 1. The minimum atomic E-state index is -0.270. The Morgan fingerprint density at radius 3 is 2.52 bits per heavy atom. The largest absolute Gasteiger partial charge is 0.497 e. The maximum atomic E-state index is 12.3. The Kier molecular flexibility index (Phi) is 5.78. The molecule has 0 aliphatic carbocycles. The van der Waals surface area contributed by atoms with E-state index >= 15 is 0 Å². The normalized spacial score (nSPS) is 12.3. The van der Waals surface area contributed by atoms with Crippen LogP contribution in [0.1, 0.15) is 15.9 Å². The van der Waals surface area contributed by atoms with Crippen LogP contribution < -0.4 is 24.2 Å². The van der Waals surface area contributed by atoms with Gasteiger partial charge in [0.1, 0.15) is 11.5 Å². The number of carbonyl (C=O) groups is 1. The van der Waals surface area contributed by atoms with Crippen molar-refractivity contribution in [2.45, 2.75) is 0 Å². The molecule has 0 bridgehead atoms. The molecule has 3 rings (SSSR count). The van der Waals surface area contributed by atoms with Gasteiger partial charge in [-0.05, 0) is 42.5 Å². The van der Waals surface area contributed by atoms with Crippen LogP contribution in [0.3, 0.4) is 0 Å². The van der Waals surface area contributed by atoms with Crippen LogP contribution in [0.15, 0.2) is 47.3 Å². The summed E-state index contributed by atoms with van der Waals surface area (Å²) in [6.07, 6.45) is 3.11. The van der Waals surface area contributed by atoms with Crippen LogP contribution in [-0.4, -0.2) is 25.0 Å². The van der Waals surface area contributed by atoms with E-state index in [-0.39, 0.29) is 11.3 Å². The predicted molar refractivity (Wildman–Crippen MR) is 108 cm³/mol. The third-order valence-electron chi connectivity index (χ3n) is 3.80. The first-order valence-electron chi connectivity index (χ1n) is 7.94. The topological polar surface area (TPSA) is 68.4 Å². The lowest BCUT2D eigenvalue weighted by Gasteiger charge is -2.06. The molecule has 0 amide bonds. The van der Waals surface area contributed by atoms with Gasteiger partial charge in [0.05, 0.1) is 23.4 Å². The zero-order chi connectivity index (χ0) is 19.4. The molecule has 0 radical (unpaired) electrons. The molecule has 0 fully saturated rings. The quantitative estimate of drug-likeness (QED) is 0.667. The number of hydrogen-bond acceptors (Lipinski definition) is 5. The van der Waals surface area contributed by atoms with Crippen molar-refractivity contribution in [1.29, 1.82) is 0 Å². The number of benzene rings is 2. The first-order valence-corrected chi connectivity index (χ1v) is 9.14. The average molecular weight is 402 g/mol. The van der Waals surface area contributed by atoms with E-state index in [4.69, 9.17) is 21.1 Å². The van der Waals surface area contributed by atoms with Gasteiger partial charge in [-0.3, -0.25) is 9.59 Å². The smallest absolute Gasteiger partial charge is 0.266 e. The van der Waals surface area contributed by atoms with Gasteiger partial charge in [0.2, 0.25) is 0 Å². The molecule has 3 aromatic rings. The predicted octanol–water partition coefficient (Wildman–Crippen LogP) is 2.60. The monoisotopic (exact) mass is 401 g/mol. The van der Waals surface area contributed by atoms with Gasteiger partial charge < -0.3 is 14.5 Å². The molecule has 0 saturated heterocycles. The molecule has 1 heterocycles. The van der Waals surface area contributed by atoms with E-state index in [9.17, 15) is 9.59 Å². The number of Topliss-reactive ketones (excluding diaryl/α,β-unsaturated/α-hetero) is 1. The zero-order valence-electron chi connectivity index (χ0n) is 14.6. The summed E-state index contributed by atoms with van der Waals surface area (Å²) in [6, 6.07) is 11.9. The number of ether oxygens (including phenoxy) is 2. The van der Waals surface area contributed by atoms with Crippen LogP contribution >= 0.6 is 22.9 Å². The van der Waals surface area contributed by atoms with E-state index in [0.29, 0.717) is 31.3 Å². The van der Waals surface area contributed by atoms with Gasteiger partial charge in [-0.15, -0.1) is 11.3 Å². The summed E-state index contributed by atoms with van der Waals surface area (Å²) < 4.78 is 11.5. The Hall–Kier alpha value is -2.83. The SMILES string of the molecule is COc1ccc(/C=c2\s/c(=C\C(=O)c3ccc(Cl)cc3)[nH]c2=O)c(OC)c1. The number of methoxy groups -OCH3 is 2. The summed E-state index contributed by atoms with van der Waals surface area (Å²) >= 11 is 7.03. The zero-order valence-corrected chi connectivity index (χ0v) is 16.2. The third kappa shape index (κ3) is 4.48. The Balaban J connectivity index is 1.99. The van der Waals surface area contributed by atoms with Gasteiger partial charge in [0, 0.05) is 28.3 Å². The van der Waals surface area contributed by atoms with Gasteiger partial charge >= 0.3 is 0 Å². The molecule has 0 atom stereocenters. The highest BCUT2D eigenvalue weighted by molar-refractivity contribution is 7.07. The first kappa shape index (κ1) is 18.9. The number of H-pyrrole nitrogens is 1. The van der Waals surface area contributed by atoms with E-state index in [2.05, 4.69) is 4.98 Å². The van der Waals surface area contributed by atoms with E-state index in [1.807, 2.05) is 0 Å². The third-order valence-corrected chi connectivity index (χ3v) is 5.01. The molecule has 1 aromatic heterocycles. The van der Waals surface area contributed by atoms with Crippen LogP contribution in [0.2, 0.25) is 5.02 Å². The molecule has 1 N–H and O–H groups in total. The summed E-state index contributed by atoms with van der Waals surface area (Å²) in [7, 11) is 3.12. The van der Waals surface area contributed by atoms with Crippen molar-refractivity contribution in [3.8, 4) is 11.5 Å².